The van der Waals surface area contributed by atoms with Gasteiger partial charge in [-0.15, -0.1) is 0 Å². The van der Waals surface area contributed by atoms with Crippen molar-refractivity contribution in [2.45, 2.75) is 116 Å². The van der Waals surface area contributed by atoms with Crippen molar-refractivity contribution in [3.63, 3.8) is 0 Å². The third-order valence-electron chi connectivity index (χ3n) is 5.02. The second-order valence-corrected chi connectivity index (χ2v) is 7.96. The number of hydrogen-bond donors (Lipinski definition) is 3. The van der Waals surface area contributed by atoms with Crippen LogP contribution in [0.25, 0.3) is 0 Å². The number of ether oxygens (including phenoxy) is 2. The summed E-state index contributed by atoms with van der Waals surface area (Å²) in [6.07, 6.45) is 16.8. The van der Waals surface area contributed by atoms with E-state index in [1.165, 1.54) is 70.6 Å². The first kappa shape index (κ1) is 27.8. The first-order chi connectivity index (χ1) is 13.7. The minimum atomic E-state index is -0.513. The molecule has 0 radical (unpaired) electrons. The molecule has 0 bridgehead atoms. The van der Waals surface area contributed by atoms with Crippen molar-refractivity contribution in [3.8, 4) is 0 Å². The van der Waals surface area contributed by atoms with Crippen molar-refractivity contribution in [1.29, 1.82) is 0 Å². The van der Waals surface area contributed by atoms with E-state index in [0.717, 1.165) is 25.9 Å². The van der Waals surface area contributed by atoms with Gasteiger partial charge in [-0.2, -0.15) is 0 Å². The van der Waals surface area contributed by atoms with Crippen LogP contribution < -0.4 is 11.1 Å². The average Bonchev–Trinajstić information content (AvgIpc) is 2.70. The third-order valence-corrected chi connectivity index (χ3v) is 5.02. The molecule has 0 aromatic heterocycles. The summed E-state index contributed by atoms with van der Waals surface area (Å²) in [5, 5.41) is 13.1. The van der Waals surface area contributed by atoms with Crippen molar-refractivity contribution in [1.82, 2.24) is 5.32 Å². The van der Waals surface area contributed by atoms with E-state index in [-0.39, 0.29) is 6.29 Å². The Bertz CT molecular complexity index is 275. The van der Waals surface area contributed by atoms with Crippen LogP contribution in [-0.2, 0) is 9.47 Å². The molecule has 5 heteroatoms. The molecule has 0 saturated carbocycles. The first-order valence-electron chi connectivity index (χ1n) is 12.1. The van der Waals surface area contributed by atoms with Gasteiger partial charge in [0.15, 0.2) is 6.29 Å². The number of hydrogen-bond acceptors (Lipinski definition) is 5. The van der Waals surface area contributed by atoms with Gasteiger partial charge < -0.3 is 25.6 Å². The highest BCUT2D eigenvalue weighted by Crippen LogP contribution is 2.13. The van der Waals surface area contributed by atoms with E-state index in [0.29, 0.717) is 26.2 Å². The highest BCUT2D eigenvalue weighted by atomic mass is 16.7. The van der Waals surface area contributed by atoms with Crippen LogP contribution in [0.3, 0.4) is 0 Å². The van der Waals surface area contributed by atoms with E-state index in [1.54, 1.807) is 0 Å². The molecule has 0 amide bonds. The number of rotatable bonds is 23. The van der Waals surface area contributed by atoms with Gasteiger partial charge in [-0.05, 0) is 19.3 Å². The smallest absolute Gasteiger partial charge is 0.157 e. The predicted octanol–water partition coefficient (Wildman–Crippen LogP) is 4.76. The second-order valence-electron chi connectivity index (χ2n) is 7.96. The van der Waals surface area contributed by atoms with Crippen molar-refractivity contribution in [2.24, 2.45) is 5.73 Å². The summed E-state index contributed by atoms with van der Waals surface area (Å²) in [4.78, 5) is 0. The molecule has 0 aliphatic carbocycles. The molecule has 0 fully saturated rings. The Kier molecular flexibility index (Phi) is 22.9. The van der Waals surface area contributed by atoms with Gasteiger partial charge in [0.1, 0.15) is 0 Å². The fourth-order valence-corrected chi connectivity index (χ4v) is 3.23. The lowest BCUT2D eigenvalue weighted by molar-refractivity contribution is -0.161. The molecule has 0 aliphatic heterocycles. The lowest BCUT2D eigenvalue weighted by Gasteiger charge is -2.21. The molecule has 0 spiro atoms. The summed E-state index contributed by atoms with van der Waals surface area (Å²) < 4.78 is 11.9. The van der Waals surface area contributed by atoms with Crippen molar-refractivity contribution in [2.75, 3.05) is 32.8 Å². The van der Waals surface area contributed by atoms with Crippen LogP contribution in [0.2, 0.25) is 0 Å². The Morgan fingerprint density at radius 3 is 1.96 bits per heavy atom. The molecule has 2 unspecified atom stereocenters. The van der Waals surface area contributed by atoms with E-state index in [2.05, 4.69) is 19.2 Å². The average molecular weight is 403 g/mol. The lowest BCUT2D eigenvalue weighted by Crippen LogP contribution is -2.35. The SMILES string of the molecule is CCCCCCCCCC(OCCCCCCCC)OCC(O)CNCCN. The van der Waals surface area contributed by atoms with Gasteiger partial charge >= 0.3 is 0 Å². The molecular formula is C23H50N2O3. The van der Waals surface area contributed by atoms with Gasteiger partial charge in [0.05, 0.1) is 12.7 Å². The summed E-state index contributed by atoms with van der Waals surface area (Å²) in [7, 11) is 0. The maximum Gasteiger partial charge on any atom is 0.157 e. The third kappa shape index (κ3) is 20.5. The molecule has 28 heavy (non-hydrogen) atoms. The van der Waals surface area contributed by atoms with E-state index in [1.807, 2.05) is 0 Å². The Labute approximate surface area is 175 Å². The zero-order valence-electron chi connectivity index (χ0n) is 18.9. The predicted molar refractivity (Wildman–Crippen MR) is 120 cm³/mol. The Hall–Kier alpha value is -0.200. The Balaban J connectivity index is 3.94. The summed E-state index contributed by atoms with van der Waals surface area (Å²) in [6.45, 7) is 7.38. The molecule has 170 valence electrons. The minimum Gasteiger partial charge on any atom is -0.389 e. The van der Waals surface area contributed by atoms with Crippen molar-refractivity contribution >= 4 is 0 Å². The van der Waals surface area contributed by atoms with Gasteiger partial charge in [-0.1, -0.05) is 84.5 Å². The van der Waals surface area contributed by atoms with Crippen LogP contribution in [-0.4, -0.2) is 50.3 Å². The zero-order chi connectivity index (χ0) is 20.7. The monoisotopic (exact) mass is 402 g/mol. The highest BCUT2D eigenvalue weighted by molar-refractivity contribution is 4.60. The van der Waals surface area contributed by atoms with Crippen LogP contribution in [0.1, 0.15) is 104 Å². The standard InChI is InChI=1S/C23H50N2O3/c1-3-5-7-9-11-12-14-16-23(27-19-15-13-10-8-6-4-2)28-21-22(26)20-25-18-17-24/h22-23,25-26H,3-21,24H2,1-2H3. The van der Waals surface area contributed by atoms with E-state index in [9.17, 15) is 5.11 Å². The van der Waals surface area contributed by atoms with Gasteiger partial charge in [-0.3, -0.25) is 0 Å². The summed E-state index contributed by atoms with van der Waals surface area (Å²) in [6, 6.07) is 0. The highest BCUT2D eigenvalue weighted by Gasteiger charge is 2.12. The summed E-state index contributed by atoms with van der Waals surface area (Å²) in [5.41, 5.74) is 5.45. The Morgan fingerprint density at radius 2 is 1.36 bits per heavy atom. The first-order valence-corrected chi connectivity index (χ1v) is 12.1. The second kappa shape index (κ2) is 23.1. The van der Waals surface area contributed by atoms with Gasteiger partial charge in [-0.25, -0.2) is 0 Å². The van der Waals surface area contributed by atoms with Gasteiger partial charge in [0.25, 0.3) is 0 Å². The molecular weight excluding hydrogens is 352 g/mol. The normalized spacial score (nSPS) is 13.7. The van der Waals surface area contributed by atoms with Gasteiger partial charge in [0.2, 0.25) is 0 Å². The minimum absolute atomic E-state index is 0.185. The van der Waals surface area contributed by atoms with E-state index < -0.39 is 6.10 Å². The lowest BCUT2D eigenvalue weighted by atomic mass is 10.1. The number of nitrogens with one attached hydrogen (secondary N) is 1. The van der Waals surface area contributed by atoms with Crippen molar-refractivity contribution < 1.29 is 14.6 Å². The maximum atomic E-state index is 10.0. The maximum absolute atomic E-state index is 10.0. The molecule has 0 aliphatic rings. The molecule has 5 nitrogen and oxygen atoms in total. The number of aliphatic hydroxyl groups is 1. The van der Waals surface area contributed by atoms with Crippen LogP contribution in [0.15, 0.2) is 0 Å². The molecule has 0 heterocycles. The van der Waals surface area contributed by atoms with Crippen LogP contribution in [0.4, 0.5) is 0 Å². The topological polar surface area (TPSA) is 76.7 Å². The quantitative estimate of drug-likeness (QED) is 0.170. The van der Waals surface area contributed by atoms with Gasteiger partial charge in [0, 0.05) is 26.2 Å². The molecule has 2 atom stereocenters. The Morgan fingerprint density at radius 1 is 0.786 bits per heavy atom. The molecule has 4 N–H and O–H groups in total. The molecule has 0 aromatic carbocycles. The van der Waals surface area contributed by atoms with E-state index >= 15 is 0 Å². The largest absolute Gasteiger partial charge is 0.389 e. The molecule has 0 rings (SSSR count). The number of nitrogens with two attached hydrogens (primary N) is 1. The summed E-state index contributed by atoms with van der Waals surface area (Å²) >= 11 is 0. The van der Waals surface area contributed by atoms with Crippen LogP contribution in [0.5, 0.6) is 0 Å². The number of aliphatic hydroxyl groups excluding tert-OH is 1. The van der Waals surface area contributed by atoms with Crippen LogP contribution >= 0.6 is 0 Å². The number of unbranched alkanes of at least 4 members (excludes halogenated alkanes) is 11. The fraction of sp³-hybridized carbons (Fsp3) is 1.00. The zero-order valence-corrected chi connectivity index (χ0v) is 18.9. The molecule has 0 aromatic rings. The van der Waals surface area contributed by atoms with E-state index in [4.69, 9.17) is 15.2 Å². The fourth-order valence-electron chi connectivity index (χ4n) is 3.23. The van der Waals surface area contributed by atoms with Crippen LogP contribution in [0, 0.1) is 0 Å². The van der Waals surface area contributed by atoms with Crippen molar-refractivity contribution in [3.05, 3.63) is 0 Å². The summed E-state index contributed by atoms with van der Waals surface area (Å²) in [5.74, 6) is 0. The molecule has 0 saturated heterocycles.